The highest BCUT2D eigenvalue weighted by molar-refractivity contribution is 7.18. The number of hydrogen-bond donors (Lipinski definition) is 2. The molecule has 0 fully saturated rings. The molecular formula is C13H12ClN3OS. The summed E-state index contributed by atoms with van der Waals surface area (Å²) in [5, 5.41) is 4.04. The van der Waals surface area contributed by atoms with E-state index in [-0.39, 0.29) is 5.91 Å². The molecule has 0 atom stereocenters. The normalized spacial score (nSPS) is 11.4. The maximum absolute atomic E-state index is 11.8. The summed E-state index contributed by atoms with van der Waals surface area (Å²) in [5.74, 6) is -0.276. The molecule has 0 radical (unpaired) electrons. The van der Waals surface area contributed by atoms with Crippen molar-refractivity contribution >= 4 is 40.2 Å². The van der Waals surface area contributed by atoms with Crippen LogP contribution in [-0.2, 0) is 0 Å². The number of nitrogens with one attached hydrogen (secondary N) is 1. The second-order valence-corrected chi connectivity index (χ2v) is 5.58. The van der Waals surface area contributed by atoms with Gasteiger partial charge in [-0.25, -0.2) is 5.43 Å². The Kier molecular flexibility index (Phi) is 4.19. The van der Waals surface area contributed by atoms with Crippen molar-refractivity contribution in [1.82, 2.24) is 5.43 Å². The molecule has 1 heterocycles. The molecule has 2 rings (SSSR count). The van der Waals surface area contributed by atoms with Crippen LogP contribution in [0.25, 0.3) is 0 Å². The van der Waals surface area contributed by atoms with E-state index in [1.54, 1.807) is 30.3 Å². The molecule has 0 bridgehead atoms. The number of hydrazone groups is 1. The summed E-state index contributed by atoms with van der Waals surface area (Å²) < 4.78 is 0.689. The summed E-state index contributed by atoms with van der Waals surface area (Å²) in [6.45, 7) is 1.81. The number of anilines is 1. The molecule has 4 nitrogen and oxygen atoms in total. The fourth-order valence-electron chi connectivity index (χ4n) is 1.40. The average Bonchev–Trinajstić information content (AvgIpc) is 2.83. The first-order valence-electron chi connectivity index (χ1n) is 5.52. The summed E-state index contributed by atoms with van der Waals surface area (Å²) in [5.41, 5.74) is 9.89. The number of nitrogen functional groups attached to an aromatic ring is 1. The zero-order valence-corrected chi connectivity index (χ0v) is 11.8. The Hall–Kier alpha value is -1.85. The van der Waals surface area contributed by atoms with Gasteiger partial charge in [-0.1, -0.05) is 11.6 Å². The third-order valence-corrected chi connectivity index (χ3v) is 3.77. The Morgan fingerprint density at radius 1 is 1.26 bits per heavy atom. The highest BCUT2D eigenvalue weighted by atomic mass is 35.5. The molecule has 6 heteroatoms. The molecule has 98 valence electrons. The number of nitrogens with zero attached hydrogens (tertiary/aromatic N) is 1. The van der Waals surface area contributed by atoms with Crippen LogP contribution in [0.15, 0.2) is 41.5 Å². The third kappa shape index (κ3) is 3.56. The summed E-state index contributed by atoms with van der Waals surface area (Å²) >= 11 is 7.25. The Bertz CT molecular complexity index is 619. The number of thiophene rings is 1. The van der Waals surface area contributed by atoms with Crippen molar-refractivity contribution in [2.24, 2.45) is 5.10 Å². The molecule has 0 spiro atoms. The Morgan fingerprint density at radius 2 is 1.95 bits per heavy atom. The third-order valence-electron chi connectivity index (χ3n) is 2.43. The fraction of sp³-hybridized carbons (Fsp3) is 0.0769. The summed E-state index contributed by atoms with van der Waals surface area (Å²) in [4.78, 5) is 12.7. The highest BCUT2D eigenvalue weighted by Crippen LogP contribution is 2.21. The van der Waals surface area contributed by atoms with Gasteiger partial charge in [-0.05, 0) is 43.3 Å². The van der Waals surface area contributed by atoms with Gasteiger partial charge < -0.3 is 5.73 Å². The van der Waals surface area contributed by atoms with E-state index in [9.17, 15) is 4.79 Å². The van der Waals surface area contributed by atoms with Gasteiger partial charge in [0.15, 0.2) is 0 Å². The lowest BCUT2D eigenvalue weighted by Crippen LogP contribution is -2.19. The SMILES string of the molecule is C/C(=N\NC(=O)c1ccc(N)cc1)c1ccc(Cl)s1. The molecule has 0 saturated carbocycles. The number of rotatable bonds is 3. The number of benzene rings is 1. The summed E-state index contributed by atoms with van der Waals surface area (Å²) in [6, 6.07) is 10.3. The van der Waals surface area contributed by atoms with Crippen molar-refractivity contribution in [3.8, 4) is 0 Å². The van der Waals surface area contributed by atoms with Crippen molar-refractivity contribution in [2.75, 3.05) is 5.73 Å². The Labute approximate surface area is 119 Å². The zero-order chi connectivity index (χ0) is 13.8. The number of nitrogens with two attached hydrogens (primary N) is 1. The number of amides is 1. The van der Waals surface area contributed by atoms with Crippen molar-refractivity contribution in [3.63, 3.8) is 0 Å². The predicted molar refractivity (Wildman–Crippen MR) is 79.9 cm³/mol. The smallest absolute Gasteiger partial charge is 0.271 e. The first-order valence-corrected chi connectivity index (χ1v) is 6.71. The largest absolute Gasteiger partial charge is 0.399 e. The molecule has 0 saturated heterocycles. The maximum atomic E-state index is 11.8. The summed E-state index contributed by atoms with van der Waals surface area (Å²) in [6.07, 6.45) is 0. The van der Waals surface area contributed by atoms with E-state index in [0.29, 0.717) is 21.3 Å². The molecule has 1 aromatic heterocycles. The van der Waals surface area contributed by atoms with Crippen LogP contribution < -0.4 is 11.2 Å². The quantitative estimate of drug-likeness (QED) is 0.518. The number of hydrogen-bond acceptors (Lipinski definition) is 4. The predicted octanol–water partition coefficient (Wildman–Crippen LogP) is 3.14. The first-order chi connectivity index (χ1) is 9.06. The molecule has 0 unspecified atom stereocenters. The van der Waals surface area contributed by atoms with Gasteiger partial charge in [-0.15, -0.1) is 11.3 Å². The van der Waals surface area contributed by atoms with Crippen LogP contribution in [0.5, 0.6) is 0 Å². The van der Waals surface area contributed by atoms with Crippen LogP contribution in [0.2, 0.25) is 4.34 Å². The molecule has 1 aromatic carbocycles. The van der Waals surface area contributed by atoms with Crippen molar-refractivity contribution in [1.29, 1.82) is 0 Å². The summed E-state index contributed by atoms with van der Waals surface area (Å²) in [7, 11) is 0. The van der Waals surface area contributed by atoms with Crippen LogP contribution in [0.4, 0.5) is 5.69 Å². The van der Waals surface area contributed by atoms with Gasteiger partial charge in [0, 0.05) is 11.3 Å². The van der Waals surface area contributed by atoms with Gasteiger partial charge >= 0.3 is 0 Å². The first kappa shape index (κ1) is 13.6. The maximum Gasteiger partial charge on any atom is 0.271 e. The standard InChI is InChI=1S/C13H12ClN3OS/c1-8(11-6-7-12(14)19-11)16-17-13(18)9-2-4-10(15)5-3-9/h2-7H,15H2,1H3,(H,17,18)/b16-8+. The molecule has 0 aliphatic rings. The van der Waals surface area contributed by atoms with Crippen LogP contribution in [0, 0.1) is 0 Å². The molecular weight excluding hydrogens is 282 g/mol. The van der Waals surface area contributed by atoms with Gasteiger partial charge in [0.05, 0.1) is 14.9 Å². The topological polar surface area (TPSA) is 67.5 Å². The lowest BCUT2D eigenvalue weighted by molar-refractivity contribution is 0.0955. The van der Waals surface area contributed by atoms with E-state index in [1.165, 1.54) is 11.3 Å². The van der Waals surface area contributed by atoms with Gasteiger partial charge in [0.2, 0.25) is 0 Å². The Balaban J connectivity index is 2.05. The number of carbonyl (C=O) groups is 1. The minimum absolute atomic E-state index is 0.276. The lowest BCUT2D eigenvalue weighted by atomic mass is 10.2. The van der Waals surface area contributed by atoms with Crippen LogP contribution in [-0.4, -0.2) is 11.6 Å². The van der Waals surface area contributed by atoms with E-state index in [2.05, 4.69) is 10.5 Å². The van der Waals surface area contributed by atoms with E-state index >= 15 is 0 Å². The number of halogens is 1. The molecule has 2 aromatic rings. The minimum atomic E-state index is -0.276. The Morgan fingerprint density at radius 3 is 2.53 bits per heavy atom. The average molecular weight is 294 g/mol. The van der Waals surface area contributed by atoms with Crippen LogP contribution in [0.1, 0.15) is 22.2 Å². The van der Waals surface area contributed by atoms with Gasteiger partial charge in [-0.2, -0.15) is 5.10 Å². The zero-order valence-electron chi connectivity index (χ0n) is 10.2. The van der Waals surface area contributed by atoms with E-state index < -0.39 is 0 Å². The molecule has 0 aliphatic heterocycles. The van der Waals surface area contributed by atoms with Gasteiger partial charge in [0.25, 0.3) is 5.91 Å². The highest BCUT2D eigenvalue weighted by Gasteiger charge is 2.05. The molecule has 3 N–H and O–H groups in total. The second kappa shape index (κ2) is 5.86. The molecule has 19 heavy (non-hydrogen) atoms. The van der Waals surface area contributed by atoms with Crippen molar-refractivity contribution in [3.05, 3.63) is 51.2 Å². The molecule has 1 amide bonds. The monoisotopic (exact) mass is 293 g/mol. The van der Waals surface area contributed by atoms with Gasteiger partial charge in [-0.3, -0.25) is 4.79 Å². The van der Waals surface area contributed by atoms with Crippen molar-refractivity contribution in [2.45, 2.75) is 6.92 Å². The van der Waals surface area contributed by atoms with Gasteiger partial charge in [0.1, 0.15) is 0 Å². The minimum Gasteiger partial charge on any atom is -0.399 e. The lowest BCUT2D eigenvalue weighted by Gasteiger charge is -2.01. The number of carbonyl (C=O) groups excluding carboxylic acids is 1. The van der Waals surface area contributed by atoms with E-state index in [1.807, 2.05) is 13.0 Å². The second-order valence-electron chi connectivity index (χ2n) is 3.86. The van der Waals surface area contributed by atoms with E-state index in [4.69, 9.17) is 17.3 Å². The van der Waals surface area contributed by atoms with E-state index in [0.717, 1.165) is 4.88 Å². The van der Waals surface area contributed by atoms with Crippen molar-refractivity contribution < 1.29 is 4.79 Å². The fourth-order valence-corrected chi connectivity index (χ4v) is 2.39. The van der Waals surface area contributed by atoms with Crippen LogP contribution in [0.3, 0.4) is 0 Å². The van der Waals surface area contributed by atoms with Crippen LogP contribution >= 0.6 is 22.9 Å². The molecule has 0 aliphatic carbocycles.